The second-order valence-electron chi connectivity index (χ2n) is 4.69. The second kappa shape index (κ2) is 6.38. The summed E-state index contributed by atoms with van der Waals surface area (Å²) in [5.74, 6) is 0.201. The zero-order chi connectivity index (χ0) is 14.5. The van der Waals surface area contributed by atoms with Gasteiger partial charge in [0.15, 0.2) is 0 Å². The molecule has 2 amide bonds. The molecule has 2 rings (SSSR count). The Morgan fingerprint density at radius 1 is 1.55 bits per heavy atom. The molecule has 1 atom stereocenters. The number of nitrogens with zero attached hydrogens (tertiary/aromatic N) is 1. The van der Waals surface area contributed by atoms with E-state index in [1.807, 2.05) is 18.2 Å². The molecule has 20 heavy (non-hydrogen) atoms. The zero-order valence-electron chi connectivity index (χ0n) is 11.5. The van der Waals surface area contributed by atoms with Crippen molar-refractivity contribution in [2.75, 3.05) is 31.6 Å². The maximum absolute atomic E-state index is 12.0. The number of carbonyl (C=O) groups is 2. The highest BCUT2D eigenvalue weighted by Gasteiger charge is 2.34. The number of methoxy groups -OCH3 is 1. The molecule has 0 radical (unpaired) electrons. The zero-order valence-corrected chi connectivity index (χ0v) is 11.5. The van der Waals surface area contributed by atoms with Crippen LogP contribution in [0, 0.1) is 5.92 Å². The summed E-state index contributed by atoms with van der Waals surface area (Å²) in [5.41, 5.74) is 6.10. The molecule has 0 spiro atoms. The van der Waals surface area contributed by atoms with Crippen molar-refractivity contribution >= 4 is 17.5 Å². The van der Waals surface area contributed by atoms with Gasteiger partial charge in [0, 0.05) is 37.8 Å². The van der Waals surface area contributed by atoms with Gasteiger partial charge in [-0.3, -0.25) is 9.59 Å². The topological polar surface area (TPSA) is 84.7 Å². The SMILES string of the molecule is COc1cccc(N2C[C@@H](C(=O)NCCN)CC2=O)c1. The van der Waals surface area contributed by atoms with Crippen LogP contribution >= 0.6 is 0 Å². The monoisotopic (exact) mass is 277 g/mol. The van der Waals surface area contributed by atoms with Gasteiger partial charge in [-0.25, -0.2) is 0 Å². The maximum Gasteiger partial charge on any atom is 0.227 e. The van der Waals surface area contributed by atoms with Gasteiger partial charge in [-0.1, -0.05) is 6.07 Å². The Morgan fingerprint density at radius 3 is 3.05 bits per heavy atom. The number of benzene rings is 1. The number of anilines is 1. The first kappa shape index (κ1) is 14.3. The molecule has 1 aliphatic heterocycles. The van der Waals surface area contributed by atoms with Crippen molar-refractivity contribution in [3.05, 3.63) is 24.3 Å². The normalized spacial score (nSPS) is 18.2. The summed E-state index contributed by atoms with van der Waals surface area (Å²) in [6.45, 7) is 1.22. The Morgan fingerprint density at radius 2 is 2.35 bits per heavy atom. The van der Waals surface area contributed by atoms with Crippen molar-refractivity contribution in [3.63, 3.8) is 0 Å². The molecule has 6 heteroatoms. The lowest BCUT2D eigenvalue weighted by atomic mass is 10.1. The molecule has 1 aromatic rings. The summed E-state index contributed by atoms with van der Waals surface area (Å²) in [7, 11) is 1.58. The number of hydrogen-bond acceptors (Lipinski definition) is 4. The lowest BCUT2D eigenvalue weighted by Crippen LogP contribution is -2.35. The van der Waals surface area contributed by atoms with Crippen LogP contribution in [0.25, 0.3) is 0 Å². The highest BCUT2D eigenvalue weighted by Crippen LogP contribution is 2.27. The second-order valence-corrected chi connectivity index (χ2v) is 4.69. The van der Waals surface area contributed by atoms with Gasteiger partial charge in [-0.2, -0.15) is 0 Å². The number of rotatable bonds is 5. The van der Waals surface area contributed by atoms with E-state index >= 15 is 0 Å². The number of nitrogens with one attached hydrogen (secondary N) is 1. The molecular formula is C14H19N3O3. The molecule has 108 valence electrons. The van der Waals surface area contributed by atoms with E-state index in [2.05, 4.69) is 5.32 Å². The Labute approximate surface area is 117 Å². The number of amides is 2. The van der Waals surface area contributed by atoms with Gasteiger partial charge >= 0.3 is 0 Å². The van der Waals surface area contributed by atoms with Crippen molar-refractivity contribution in [2.24, 2.45) is 11.7 Å². The molecule has 0 unspecified atom stereocenters. The first-order valence-electron chi connectivity index (χ1n) is 6.58. The number of carbonyl (C=O) groups excluding carboxylic acids is 2. The Balaban J connectivity index is 2.07. The minimum atomic E-state index is -0.319. The third-order valence-corrected chi connectivity index (χ3v) is 3.30. The van der Waals surface area contributed by atoms with Crippen molar-refractivity contribution in [2.45, 2.75) is 6.42 Å². The third-order valence-electron chi connectivity index (χ3n) is 3.30. The molecule has 3 N–H and O–H groups in total. The van der Waals surface area contributed by atoms with Crippen LogP contribution in [0.3, 0.4) is 0 Å². The van der Waals surface area contributed by atoms with Gasteiger partial charge in [0.25, 0.3) is 0 Å². The van der Waals surface area contributed by atoms with Crippen LogP contribution in [0.5, 0.6) is 5.75 Å². The van der Waals surface area contributed by atoms with E-state index in [1.165, 1.54) is 0 Å². The summed E-state index contributed by atoms with van der Waals surface area (Å²) < 4.78 is 5.15. The lowest BCUT2D eigenvalue weighted by molar-refractivity contribution is -0.126. The molecule has 6 nitrogen and oxygen atoms in total. The van der Waals surface area contributed by atoms with Gasteiger partial charge in [0.05, 0.1) is 13.0 Å². The van der Waals surface area contributed by atoms with Crippen LogP contribution in [0.1, 0.15) is 6.42 Å². The highest BCUT2D eigenvalue weighted by atomic mass is 16.5. The van der Waals surface area contributed by atoms with E-state index < -0.39 is 0 Å². The number of hydrogen-bond donors (Lipinski definition) is 2. The van der Waals surface area contributed by atoms with Crippen molar-refractivity contribution in [1.82, 2.24) is 5.32 Å². The third kappa shape index (κ3) is 3.08. The average Bonchev–Trinajstić information content (AvgIpc) is 2.87. The molecule has 1 heterocycles. The summed E-state index contributed by atoms with van der Waals surface area (Å²) in [5, 5.41) is 2.72. The fourth-order valence-corrected chi connectivity index (χ4v) is 2.25. The van der Waals surface area contributed by atoms with Crippen molar-refractivity contribution < 1.29 is 14.3 Å². The van der Waals surface area contributed by atoms with Crippen LogP contribution in [-0.4, -0.2) is 38.6 Å². The highest BCUT2D eigenvalue weighted by molar-refractivity contribution is 6.00. The van der Waals surface area contributed by atoms with Crippen LogP contribution < -0.4 is 20.7 Å². The molecule has 1 aromatic carbocycles. The minimum Gasteiger partial charge on any atom is -0.497 e. The number of ether oxygens (including phenoxy) is 1. The van der Waals surface area contributed by atoms with Gasteiger partial charge in [0.2, 0.25) is 11.8 Å². The van der Waals surface area contributed by atoms with E-state index in [-0.39, 0.29) is 24.2 Å². The predicted octanol–water partition coefficient (Wildman–Crippen LogP) is 0.123. The summed E-state index contributed by atoms with van der Waals surface area (Å²) in [6.07, 6.45) is 0.230. The van der Waals surface area contributed by atoms with Crippen LogP contribution in [0.15, 0.2) is 24.3 Å². The fraction of sp³-hybridized carbons (Fsp3) is 0.429. The Bertz CT molecular complexity index is 504. The van der Waals surface area contributed by atoms with Gasteiger partial charge in [-0.15, -0.1) is 0 Å². The van der Waals surface area contributed by atoms with Crippen LogP contribution in [0.2, 0.25) is 0 Å². The molecule has 1 saturated heterocycles. The van der Waals surface area contributed by atoms with Crippen molar-refractivity contribution in [1.29, 1.82) is 0 Å². The molecule has 1 aliphatic rings. The molecule has 0 saturated carbocycles. The fourth-order valence-electron chi connectivity index (χ4n) is 2.25. The van der Waals surface area contributed by atoms with Crippen LogP contribution in [-0.2, 0) is 9.59 Å². The van der Waals surface area contributed by atoms with Crippen LogP contribution in [0.4, 0.5) is 5.69 Å². The van der Waals surface area contributed by atoms with E-state index in [1.54, 1.807) is 18.1 Å². The number of nitrogens with two attached hydrogens (primary N) is 1. The average molecular weight is 277 g/mol. The summed E-state index contributed by atoms with van der Waals surface area (Å²) in [6, 6.07) is 7.26. The Kier molecular flexibility index (Phi) is 4.57. The van der Waals surface area contributed by atoms with E-state index in [0.717, 1.165) is 5.69 Å². The molecule has 1 fully saturated rings. The molecule has 0 aliphatic carbocycles. The van der Waals surface area contributed by atoms with Crippen molar-refractivity contribution in [3.8, 4) is 5.75 Å². The first-order valence-corrected chi connectivity index (χ1v) is 6.58. The standard InChI is InChI=1S/C14H19N3O3/c1-20-12-4-2-3-11(8-12)17-9-10(7-13(17)18)14(19)16-6-5-15/h2-4,8,10H,5-7,9,15H2,1H3,(H,16,19)/t10-/m0/s1. The first-order chi connectivity index (χ1) is 9.65. The van der Waals surface area contributed by atoms with Gasteiger partial charge in [0.1, 0.15) is 5.75 Å². The summed E-state index contributed by atoms with van der Waals surface area (Å²) in [4.78, 5) is 25.5. The maximum atomic E-state index is 12.0. The van der Waals surface area contributed by atoms with E-state index in [4.69, 9.17) is 10.5 Å². The predicted molar refractivity (Wildman–Crippen MR) is 75.5 cm³/mol. The Hall–Kier alpha value is -2.08. The molecular weight excluding hydrogens is 258 g/mol. The van der Waals surface area contributed by atoms with E-state index in [9.17, 15) is 9.59 Å². The minimum absolute atomic E-state index is 0.0499. The van der Waals surface area contributed by atoms with E-state index in [0.29, 0.717) is 25.4 Å². The lowest BCUT2D eigenvalue weighted by Gasteiger charge is -2.17. The van der Waals surface area contributed by atoms with Gasteiger partial charge in [-0.05, 0) is 12.1 Å². The smallest absolute Gasteiger partial charge is 0.227 e. The summed E-state index contributed by atoms with van der Waals surface area (Å²) >= 11 is 0. The quantitative estimate of drug-likeness (QED) is 0.801. The molecule has 0 bridgehead atoms. The van der Waals surface area contributed by atoms with Gasteiger partial charge < -0.3 is 20.7 Å². The molecule has 0 aromatic heterocycles. The largest absolute Gasteiger partial charge is 0.497 e.